The number of carbonyl (C=O) groups is 1. The number of hydrogen-bond acceptors (Lipinski definition) is 4. The van der Waals surface area contributed by atoms with Crippen molar-refractivity contribution in [2.75, 3.05) is 24.5 Å². The number of benzene rings is 1. The SMILES string of the molecule is CC(C)CNC(=O)CCn1c(=O)c(N2CCCC2)nc2ccccc21. The largest absolute Gasteiger partial charge is 0.356 e. The first-order chi connectivity index (χ1) is 12.1. The van der Waals surface area contributed by atoms with Crippen molar-refractivity contribution in [3.05, 3.63) is 34.6 Å². The summed E-state index contributed by atoms with van der Waals surface area (Å²) in [5.74, 6) is 0.901. The first-order valence-corrected chi connectivity index (χ1v) is 9.07. The monoisotopic (exact) mass is 342 g/mol. The minimum atomic E-state index is -0.0998. The van der Waals surface area contributed by atoms with Crippen molar-refractivity contribution in [3.8, 4) is 0 Å². The Bertz CT molecular complexity index is 807. The van der Waals surface area contributed by atoms with Gasteiger partial charge in [0, 0.05) is 32.6 Å². The molecular weight excluding hydrogens is 316 g/mol. The zero-order chi connectivity index (χ0) is 17.8. The van der Waals surface area contributed by atoms with Gasteiger partial charge in [0.05, 0.1) is 11.0 Å². The van der Waals surface area contributed by atoms with Gasteiger partial charge in [0.2, 0.25) is 5.91 Å². The lowest BCUT2D eigenvalue weighted by Gasteiger charge is -2.19. The lowest BCUT2D eigenvalue weighted by molar-refractivity contribution is -0.121. The molecule has 1 amide bonds. The molecule has 1 N–H and O–H groups in total. The quantitative estimate of drug-likeness (QED) is 0.873. The highest BCUT2D eigenvalue weighted by Crippen LogP contribution is 2.18. The average molecular weight is 342 g/mol. The molecule has 0 bridgehead atoms. The van der Waals surface area contributed by atoms with E-state index < -0.39 is 0 Å². The maximum Gasteiger partial charge on any atom is 0.294 e. The molecule has 1 fully saturated rings. The van der Waals surface area contributed by atoms with Gasteiger partial charge >= 0.3 is 0 Å². The number of fused-ring (bicyclic) bond motifs is 1. The Balaban J connectivity index is 1.88. The van der Waals surface area contributed by atoms with Crippen molar-refractivity contribution >= 4 is 22.8 Å². The number of aryl methyl sites for hydroxylation is 1. The number of rotatable bonds is 6. The van der Waals surface area contributed by atoms with Gasteiger partial charge in [-0.15, -0.1) is 0 Å². The zero-order valence-corrected chi connectivity index (χ0v) is 15.0. The summed E-state index contributed by atoms with van der Waals surface area (Å²) in [5, 5.41) is 2.91. The molecule has 0 unspecified atom stereocenters. The van der Waals surface area contributed by atoms with Crippen LogP contribution in [-0.4, -0.2) is 35.1 Å². The summed E-state index contributed by atoms with van der Waals surface area (Å²) in [7, 11) is 0. The molecule has 2 aromatic rings. The van der Waals surface area contributed by atoms with E-state index in [1.54, 1.807) is 4.57 Å². The molecule has 0 radical (unpaired) electrons. The standard InChI is InChI=1S/C19H26N4O2/c1-14(2)13-20-17(24)9-12-23-16-8-4-3-7-15(16)21-18(19(23)25)22-10-5-6-11-22/h3-4,7-8,14H,5-6,9-13H2,1-2H3,(H,20,24). The van der Waals surface area contributed by atoms with Gasteiger partial charge < -0.3 is 14.8 Å². The minimum Gasteiger partial charge on any atom is -0.356 e. The summed E-state index contributed by atoms with van der Waals surface area (Å²) in [4.78, 5) is 31.7. The number of nitrogens with one attached hydrogen (secondary N) is 1. The topological polar surface area (TPSA) is 67.2 Å². The molecule has 25 heavy (non-hydrogen) atoms. The second kappa shape index (κ2) is 7.68. The molecule has 1 aromatic carbocycles. The van der Waals surface area contributed by atoms with Crippen molar-refractivity contribution in [2.24, 2.45) is 5.92 Å². The number of anilines is 1. The summed E-state index contributed by atoms with van der Waals surface area (Å²) in [5.41, 5.74) is 1.48. The maximum absolute atomic E-state index is 13.0. The molecule has 134 valence electrons. The molecular formula is C19H26N4O2. The van der Waals surface area contributed by atoms with E-state index >= 15 is 0 Å². The Morgan fingerprint density at radius 2 is 1.96 bits per heavy atom. The van der Waals surface area contributed by atoms with E-state index in [-0.39, 0.29) is 11.5 Å². The molecule has 1 aliphatic heterocycles. The van der Waals surface area contributed by atoms with Gasteiger partial charge in [-0.2, -0.15) is 0 Å². The van der Waals surface area contributed by atoms with Gasteiger partial charge in [0.25, 0.3) is 5.56 Å². The van der Waals surface area contributed by atoms with E-state index in [2.05, 4.69) is 29.0 Å². The van der Waals surface area contributed by atoms with E-state index in [4.69, 9.17) is 0 Å². The molecule has 1 aliphatic rings. The first-order valence-electron chi connectivity index (χ1n) is 9.07. The molecule has 0 spiro atoms. The van der Waals surface area contributed by atoms with E-state index in [0.717, 1.165) is 37.0 Å². The van der Waals surface area contributed by atoms with Gasteiger partial charge in [-0.1, -0.05) is 26.0 Å². The Kier molecular flexibility index (Phi) is 5.36. The van der Waals surface area contributed by atoms with E-state index in [1.807, 2.05) is 24.3 Å². The molecule has 6 heteroatoms. The fourth-order valence-electron chi connectivity index (χ4n) is 3.16. The third-order valence-electron chi connectivity index (χ3n) is 4.51. The maximum atomic E-state index is 13.0. The van der Waals surface area contributed by atoms with Gasteiger partial charge in [-0.05, 0) is 30.9 Å². The molecule has 1 saturated heterocycles. The van der Waals surface area contributed by atoms with E-state index in [9.17, 15) is 9.59 Å². The smallest absolute Gasteiger partial charge is 0.294 e. The van der Waals surface area contributed by atoms with Gasteiger partial charge in [0.1, 0.15) is 0 Å². The van der Waals surface area contributed by atoms with Crippen LogP contribution in [-0.2, 0) is 11.3 Å². The van der Waals surface area contributed by atoms with Gasteiger partial charge in [-0.3, -0.25) is 9.59 Å². The Morgan fingerprint density at radius 1 is 1.24 bits per heavy atom. The molecule has 1 aromatic heterocycles. The van der Waals surface area contributed by atoms with E-state index in [0.29, 0.717) is 31.2 Å². The second-order valence-corrected chi connectivity index (χ2v) is 7.02. The summed E-state index contributed by atoms with van der Waals surface area (Å²) in [6.45, 7) is 6.88. The Hall–Kier alpha value is -2.37. The first kappa shape index (κ1) is 17.5. The third kappa shape index (κ3) is 4.00. The molecule has 2 heterocycles. The molecule has 0 atom stereocenters. The number of nitrogens with zero attached hydrogens (tertiary/aromatic N) is 3. The summed E-state index contributed by atoms with van der Waals surface area (Å²) >= 11 is 0. The van der Waals surface area contributed by atoms with Crippen LogP contribution in [0.5, 0.6) is 0 Å². The molecule has 3 rings (SSSR count). The molecule has 0 saturated carbocycles. The molecule has 6 nitrogen and oxygen atoms in total. The number of hydrogen-bond donors (Lipinski definition) is 1. The Morgan fingerprint density at radius 3 is 2.68 bits per heavy atom. The number of carbonyl (C=O) groups excluding carboxylic acids is 1. The van der Waals surface area contributed by atoms with Crippen LogP contribution >= 0.6 is 0 Å². The lowest BCUT2D eigenvalue weighted by atomic mass is 10.2. The van der Waals surface area contributed by atoms with Gasteiger partial charge in [0.15, 0.2) is 5.82 Å². The number of aromatic nitrogens is 2. The average Bonchev–Trinajstić information content (AvgIpc) is 3.13. The van der Waals surface area contributed by atoms with E-state index in [1.165, 1.54) is 0 Å². The predicted molar refractivity (Wildman–Crippen MR) is 99.9 cm³/mol. The highest BCUT2D eigenvalue weighted by Gasteiger charge is 2.20. The Labute approximate surface area is 147 Å². The molecule has 0 aliphatic carbocycles. The lowest BCUT2D eigenvalue weighted by Crippen LogP contribution is -2.34. The third-order valence-corrected chi connectivity index (χ3v) is 4.51. The predicted octanol–water partition coefficient (Wildman–Crippen LogP) is 2.16. The fraction of sp³-hybridized carbons (Fsp3) is 0.526. The van der Waals surface area contributed by atoms with Crippen LogP contribution in [0.1, 0.15) is 33.1 Å². The fourth-order valence-corrected chi connectivity index (χ4v) is 3.16. The van der Waals surface area contributed by atoms with Crippen molar-refractivity contribution < 1.29 is 4.79 Å². The zero-order valence-electron chi connectivity index (χ0n) is 15.0. The van der Waals surface area contributed by atoms with Crippen LogP contribution in [0.4, 0.5) is 5.82 Å². The van der Waals surface area contributed by atoms with Crippen LogP contribution in [0.2, 0.25) is 0 Å². The van der Waals surface area contributed by atoms with Crippen LogP contribution in [0, 0.1) is 5.92 Å². The number of amides is 1. The van der Waals surface area contributed by atoms with Crippen LogP contribution in [0.15, 0.2) is 29.1 Å². The van der Waals surface area contributed by atoms with Crippen LogP contribution < -0.4 is 15.8 Å². The minimum absolute atomic E-state index is 0.0239. The van der Waals surface area contributed by atoms with Gasteiger partial charge in [-0.25, -0.2) is 4.98 Å². The second-order valence-electron chi connectivity index (χ2n) is 7.02. The summed E-state index contributed by atoms with van der Waals surface area (Å²) in [6.07, 6.45) is 2.47. The van der Waals surface area contributed by atoms with Crippen molar-refractivity contribution in [1.29, 1.82) is 0 Å². The number of para-hydroxylation sites is 2. The van der Waals surface area contributed by atoms with Crippen LogP contribution in [0.25, 0.3) is 11.0 Å². The highest BCUT2D eigenvalue weighted by atomic mass is 16.2. The van der Waals surface area contributed by atoms with Crippen LogP contribution in [0.3, 0.4) is 0 Å². The van der Waals surface area contributed by atoms with Crippen molar-refractivity contribution in [1.82, 2.24) is 14.9 Å². The summed E-state index contributed by atoms with van der Waals surface area (Å²) < 4.78 is 1.70. The normalized spacial score (nSPS) is 14.4. The summed E-state index contributed by atoms with van der Waals surface area (Å²) in [6, 6.07) is 7.63. The van der Waals surface area contributed by atoms with Crippen molar-refractivity contribution in [3.63, 3.8) is 0 Å². The van der Waals surface area contributed by atoms with Crippen molar-refractivity contribution in [2.45, 2.75) is 39.7 Å². The highest BCUT2D eigenvalue weighted by molar-refractivity contribution is 5.78.